The van der Waals surface area contributed by atoms with Crippen LogP contribution in [0.4, 0.5) is 13.2 Å². The number of likely N-dealkylation sites (tertiary alicyclic amines) is 1. The highest BCUT2D eigenvalue weighted by Crippen LogP contribution is 2.47. The number of aryl methyl sites for hydroxylation is 1. The molecule has 2 aliphatic heterocycles. The van der Waals surface area contributed by atoms with E-state index in [0.29, 0.717) is 43.4 Å². The molecule has 3 heterocycles. The van der Waals surface area contributed by atoms with E-state index in [4.69, 9.17) is 16.3 Å². The van der Waals surface area contributed by atoms with E-state index in [1.807, 2.05) is 0 Å². The first-order valence-electron chi connectivity index (χ1n) is 14.6. The van der Waals surface area contributed by atoms with Gasteiger partial charge in [-0.2, -0.15) is 0 Å². The standard InChI is InChI=1S/C29H36ClF3N6O4/c1-29(28(42)34-2)10-5-4-7-17(29)27(41)39-12-9-16-18(30)13-19(31)25(23(16)21(39)14-38-11-6-8-22(38)40)43-15-20-24(26(32)33)37(3)36-35-20/h13,17,21,26H,4-12,14-15H2,1-3H3,(H,34,42)/t17-,21?,29-/m0/s1. The van der Waals surface area contributed by atoms with Crippen molar-refractivity contribution in [3.05, 3.63) is 39.4 Å². The molecule has 2 aromatic rings. The number of benzene rings is 1. The summed E-state index contributed by atoms with van der Waals surface area (Å²) < 4.78 is 49.9. The van der Waals surface area contributed by atoms with E-state index >= 15 is 4.39 Å². The van der Waals surface area contributed by atoms with Crippen LogP contribution in [0, 0.1) is 17.2 Å². The second kappa shape index (κ2) is 12.3. The molecular weight excluding hydrogens is 589 g/mol. The Morgan fingerprint density at radius 3 is 2.67 bits per heavy atom. The third-order valence-corrected chi connectivity index (χ3v) is 9.58. The average Bonchev–Trinajstić information content (AvgIpc) is 3.56. The monoisotopic (exact) mass is 624 g/mol. The number of rotatable bonds is 8. The number of hydrogen-bond acceptors (Lipinski definition) is 6. The van der Waals surface area contributed by atoms with Crippen LogP contribution in [-0.2, 0) is 34.5 Å². The molecule has 0 radical (unpaired) electrons. The Kier molecular flexibility index (Phi) is 8.92. The van der Waals surface area contributed by atoms with Gasteiger partial charge in [0, 0.05) is 50.7 Å². The number of fused-ring (bicyclic) bond motifs is 1. The summed E-state index contributed by atoms with van der Waals surface area (Å²) in [6.07, 6.45) is 1.06. The number of amides is 3. The number of alkyl halides is 2. The molecule has 0 spiro atoms. The van der Waals surface area contributed by atoms with E-state index in [-0.39, 0.29) is 53.7 Å². The number of nitrogens with zero attached hydrogens (tertiary/aromatic N) is 5. The molecule has 2 fully saturated rings. The zero-order valence-electron chi connectivity index (χ0n) is 24.5. The Hall–Kier alpha value is -3.35. The number of carbonyl (C=O) groups is 3. The molecule has 1 aliphatic carbocycles. The largest absolute Gasteiger partial charge is 0.484 e. The molecule has 5 rings (SSSR count). The fourth-order valence-corrected chi connectivity index (χ4v) is 7.21. The van der Waals surface area contributed by atoms with Gasteiger partial charge >= 0.3 is 0 Å². The second-order valence-electron chi connectivity index (χ2n) is 11.7. The molecule has 1 unspecified atom stereocenters. The number of halogens is 4. The maximum atomic E-state index is 15.7. The molecule has 10 nitrogen and oxygen atoms in total. The lowest BCUT2D eigenvalue weighted by atomic mass is 9.66. The maximum Gasteiger partial charge on any atom is 0.282 e. The molecule has 0 bridgehead atoms. The summed E-state index contributed by atoms with van der Waals surface area (Å²) in [5.41, 5.74) is -0.687. The van der Waals surface area contributed by atoms with E-state index in [2.05, 4.69) is 15.6 Å². The van der Waals surface area contributed by atoms with Gasteiger partial charge in [0.05, 0.1) is 17.4 Å². The van der Waals surface area contributed by atoms with Crippen molar-refractivity contribution in [2.75, 3.05) is 26.7 Å². The lowest BCUT2D eigenvalue weighted by molar-refractivity contribution is -0.153. The summed E-state index contributed by atoms with van der Waals surface area (Å²) in [4.78, 5) is 43.5. The summed E-state index contributed by atoms with van der Waals surface area (Å²) in [6.45, 7) is 2.09. The molecular formula is C29H36ClF3N6O4. The molecule has 3 atom stereocenters. The van der Waals surface area contributed by atoms with Crippen molar-refractivity contribution in [2.24, 2.45) is 18.4 Å². The SMILES string of the molecule is CNC(=O)[C@@]1(C)CCCC[C@H]1C(=O)N1CCc2c(Cl)cc(F)c(OCc3nnn(C)c3C(F)F)c2C1CN1CCCC1=O. The Morgan fingerprint density at radius 1 is 1.23 bits per heavy atom. The van der Waals surface area contributed by atoms with E-state index in [1.165, 1.54) is 7.05 Å². The van der Waals surface area contributed by atoms with Crippen molar-refractivity contribution in [1.82, 2.24) is 30.1 Å². The van der Waals surface area contributed by atoms with Crippen molar-refractivity contribution in [2.45, 2.75) is 70.9 Å². The van der Waals surface area contributed by atoms with Crippen molar-refractivity contribution in [3.63, 3.8) is 0 Å². The van der Waals surface area contributed by atoms with Gasteiger partial charge in [-0.1, -0.05) is 29.7 Å². The molecule has 234 valence electrons. The fraction of sp³-hybridized carbons (Fsp3) is 0.621. The first kappa shape index (κ1) is 31.1. The van der Waals surface area contributed by atoms with Gasteiger partial charge in [0.15, 0.2) is 11.6 Å². The van der Waals surface area contributed by atoms with Crippen molar-refractivity contribution in [1.29, 1.82) is 0 Å². The number of ether oxygens (including phenoxy) is 1. The Labute approximate surface area is 252 Å². The minimum Gasteiger partial charge on any atom is -0.484 e. The molecule has 3 amide bonds. The smallest absolute Gasteiger partial charge is 0.282 e. The van der Waals surface area contributed by atoms with Crippen LogP contribution in [0.2, 0.25) is 5.02 Å². The Balaban J connectivity index is 1.57. The minimum atomic E-state index is -2.88. The first-order chi connectivity index (χ1) is 20.5. The van der Waals surface area contributed by atoms with Gasteiger partial charge < -0.3 is 19.9 Å². The van der Waals surface area contributed by atoms with Gasteiger partial charge in [-0.25, -0.2) is 17.9 Å². The summed E-state index contributed by atoms with van der Waals surface area (Å²) >= 11 is 6.54. The maximum absolute atomic E-state index is 15.7. The molecule has 1 saturated carbocycles. The van der Waals surface area contributed by atoms with Crippen LogP contribution in [0.5, 0.6) is 5.75 Å². The third-order valence-electron chi connectivity index (χ3n) is 9.24. The molecule has 14 heteroatoms. The highest BCUT2D eigenvalue weighted by Gasteiger charge is 2.49. The third kappa shape index (κ3) is 5.67. The number of carbonyl (C=O) groups excluding carboxylic acids is 3. The zero-order valence-corrected chi connectivity index (χ0v) is 25.2. The molecule has 43 heavy (non-hydrogen) atoms. The summed E-state index contributed by atoms with van der Waals surface area (Å²) in [5, 5.41) is 10.3. The highest BCUT2D eigenvalue weighted by molar-refractivity contribution is 6.31. The first-order valence-corrected chi connectivity index (χ1v) is 15.0. The predicted molar refractivity (Wildman–Crippen MR) is 150 cm³/mol. The van der Waals surface area contributed by atoms with Crippen LogP contribution in [0.15, 0.2) is 6.07 Å². The van der Waals surface area contributed by atoms with Gasteiger partial charge in [0.2, 0.25) is 17.7 Å². The Bertz CT molecular complexity index is 1420. The zero-order chi connectivity index (χ0) is 31.1. The number of aromatic nitrogens is 3. The van der Waals surface area contributed by atoms with Crippen LogP contribution >= 0.6 is 11.6 Å². The molecule has 3 aliphatic rings. The van der Waals surface area contributed by atoms with Crippen molar-refractivity contribution < 1.29 is 32.3 Å². The predicted octanol–water partition coefficient (Wildman–Crippen LogP) is 4.11. The van der Waals surface area contributed by atoms with Gasteiger partial charge in [-0.15, -0.1) is 5.10 Å². The van der Waals surface area contributed by atoms with Crippen LogP contribution in [0.3, 0.4) is 0 Å². The summed E-state index contributed by atoms with van der Waals surface area (Å²) in [7, 11) is 2.88. The van der Waals surface area contributed by atoms with E-state index in [1.54, 1.807) is 23.8 Å². The topological polar surface area (TPSA) is 110 Å². The number of nitrogens with one attached hydrogen (secondary N) is 1. The van der Waals surface area contributed by atoms with Gasteiger partial charge in [-0.05, 0) is 44.2 Å². The lowest BCUT2D eigenvalue weighted by Crippen LogP contribution is -2.54. The van der Waals surface area contributed by atoms with Crippen molar-refractivity contribution in [3.8, 4) is 5.75 Å². The Morgan fingerprint density at radius 2 is 2.00 bits per heavy atom. The average molecular weight is 625 g/mol. The number of hydrogen-bond donors (Lipinski definition) is 1. The van der Waals surface area contributed by atoms with E-state index < -0.39 is 41.9 Å². The van der Waals surface area contributed by atoms with Gasteiger partial charge in [0.1, 0.15) is 18.0 Å². The highest BCUT2D eigenvalue weighted by atomic mass is 35.5. The van der Waals surface area contributed by atoms with Gasteiger partial charge in [-0.3, -0.25) is 14.4 Å². The van der Waals surface area contributed by atoms with E-state index in [0.717, 1.165) is 23.6 Å². The van der Waals surface area contributed by atoms with E-state index in [9.17, 15) is 23.2 Å². The summed E-state index contributed by atoms with van der Waals surface area (Å²) in [6, 6.07) is 0.272. The quantitative estimate of drug-likeness (QED) is 0.473. The van der Waals surface area contributed by atoms with Crippen LogP contribution in [-0.4, -0.2) is 69.2 Å². The minimum absolute atomic E-state index is 0.0740. The normalized spacial score (nSPS) is 24.0. The van der Waals surface area contributed by atoms with Crippen molar-refractivity contribution >= 4 is 29.3 Å². The van der Waals surface area contributed by atoms with Gasteiger partial charge in [0.25, 0.3) is 6.43 Å². The lowest BCUT2D eigenvalue weighted by Gasteiger charge is -2.46. The summed E-state index contributed by atoms with van der Waals surface area (Å²) in [5.74, 6) is -2.25. The van der Waals surface area contributed by atoms with Crippen LogP contribution < -0.4 is 10.1 Å². The molecule has 1 N–H and O–H groups in total. The molecule has 1 aromatic carbocycles. The molecule has 1 aromatic heterocycles. The fourth-order valence-electron chi connectivity index (χ4n) is 6.92. The second-order valence-corrected chi connectivity index (χ2v) is 12.1. The van der Waals surface area contributed by atoms with Crippen LogP contribution in [0.1, 0.15) is 80.4 Å². The molecule has 1 saturated heterocycles. The van der Waals surface area contributed by atoms with Crippen LogP contribution in [0.25, 0.3) is 0 Å².